The number of hydrogen-bond acceptors (Lipinski definition) is 4. The Morgan fingerprint density at radius 2 is 2.04 bits per heavy atom. The normalized spacial score (nSPS) is 11.0. The van der Waals surface area contributed by atoms with Crippen molar-refractivity contribution in [1.29, 1.82) is 0 Å². The van der Waals surface area contributed by atoms with Crippen molar-refractivity contribution < 1.29 is 9.90 Å². The fourth-order valence-corrected chi connectivity index (χ4v) is 3.34. The Morgan fingerprint density at radius 3 is 2.61 bits per heavy atom. The number of pyridine rings is 1. The summed E-state index contributed by atoms with van der Waals surface area (Å²) in [4.78, 5) is 31.0. The molecule has 0 aliphatic rings. The number of aromatic amines is 1. The summed E-state index contributed by atoms with van der Waals surface area (Å²) in [5.74, 6) is -0.145. The minimum absolute atomic E-state index is 0.0304. The highest BCUT2D eigenvalue weighted by Crippen LogP contribution is 2.21. The van der Waals surface area contributed by atoms with Crippen molar-refractivity contribution in [1.82, 2.24) is 9.88 Å². The number of aryl methyl sites for hydroxylation is 1. The monoisotopic (exact) mass is 334 g/mol. The van der Waals surface area contributed by atoms with Gasteiger partial charge in [-0.2, -0.15) is 0 Å². The number of aromatic nitrogens is 1. The summed E-state index contributed by atoms with van der Waals surface area (Å²) in [6, 6.07) is 6.95. The van der Waals surface area contributed by atoms with E-state index in [0.717, 1.165) is 4.88 Å². The Morgan fingerprint density at radius 1 is 1.30 bits per heavy atom. The number of carbonyl (C=O) groups excluding carboxylic acids is 1. The Balaban J connectivity index is 2.32. The van der Waals surface area contributed by atoms with Crippen LogP contribution in [0.1, 0.15) is 45.6 Å². The molecule has 0 saturated heterocycles. The largest absolute Gasteiger partial charge is 0.395 e. The molecule has 2 N–H and O–H groups in total. The van der Waals surface area contributed by atoms with Gasteiger partial charge in [-0.05, 0) is 31.0 Å². The Labute approximate surface area is 139 Å². The molecule has 2 rings (SSSR count). The van der Waals surface area contributed by atoms with E-state index in [9.17, 15) is 14.7 Å². The minimum atomic E-state index is -0.215. The topological polar surface area (TPSA) is 73.4 Å². The van der Waals surface area contributed by atoms with Crippen LogP contribution in [0, 0.1) is 6.92 Å². The number of nitrogens with zero attached hydrogens (tertiary/aromatic N) is 1. The van der Waals surface area contributed by atoms with E-state index in [-0.39, 0.29) is 30.5 Å². The number of H-pyrrole nitrogens is 1. The van der Waals surface area contributed by atoms with Gasteiger partial charge in [0.15, 0.2) is 0 Å². The van der Waals surface area contributed by atoms with Gasteiger partial charge in [0.1, 0.15) is 0 Å². The lowest BCUT2D eigenvalue weighted by atomic mass is 10.0. The molecule has 23 heavy (non-hydrogen) atoms. The van der Waals surface area contributed by atoms with Gasteiger partial charge < -0.3 is 15.0 Å². The van der Waals surface area contributed by atoms with Crippen LogP contribution >= 0.6 is 11.3 Å². The first-order valence-electron chi connectivity index (χ1n) is 7.61. The number of aliphatic hydroxyl groups is 1. The molecular formula is C17H22N2O3S. The highest BCUT2D eigenvalue weighted by atomic mass is 32.1. The molecule has 5 nitrogen and oxygen atoms in total. The average molecular weight is 334 g/mol. The zero-order chi connectivity index (χ0) is 17.0. The maximum atomic E-state index is 12.9. The quantitative estimate of drug-likeness (QED) is 0.852. The molecule has 2 heterocycles. The van der Waals surface area contributed by atoms with Crippen LogP contribution in [0.2, 0.25) is 0 Å². The van der Waals surface area contributed by atoms with Gasteiger partial charge in [-0.3, -0.25) is 9.59 Å². The molecule has 0 aromatic carbocycles. The standard InChI is InChI=1S/C17H22N2O3S/c1-11(2)16-14(6-7-15(21)18-16)17(22)19(8-9-20)10-13-5-4-12(3)23-13/h4-7,11,20H,8-10H2,1-3H3,(H,18,21). The number of thiophene rings is 1. The van der Waals surface area contributed by atoms with Crippen molar-refractivity contribution in [2.75, 3.05) is 13.2 Å². The van der Waals surface area contributed by atoms with Crippen molar-refractivity contribution >= 4 is 17.2 Å². The fourth-order valence-electron chi connectivity index (χ4n) is 2.43. The number of amides is 1. The summed E-state index contributed by atoms with van der Waals surface area (Å²) in [7, 11) is 0. The van der Waals surface area contributed by atoms with Crippen molar-refractivity contribution in [2.45, 2.75) is 33.2 Å². The third-order valence-corrected chi connectivity index (χ3v) is 4.54. The third-order valence-electron chi connectivity index (χ3n) is 3.56. The predicted octanol–water partition coefficient (Wildman–Crippen LogP) is 2.50. The van der Waals surface area contributed by atoms with Gasteiger partial charge in [-0.25, -0.2) is 0 Å². The molecule has 0 unspecified atom stereocenters. The lowest BCUT2D eigenvalue weighted by Crippen LogP contribution is -2.34. The van der Waals surface area contributed by atoms with Gasteiger partial charge in [-0.15, -0.1) is 11.3 Å². The summed E-state index contributed by atoms with van der Waals surface area (Å²) in [5.41, 5.74) is 0.905. The molecule has 1 amide bonds. The van der Waals surface area contributed by atoms with Crippen molar-refractivity contribution in [3.8, 4) is 0 Å². The first kappa shape index (κ1) is 17.4. The van der Waals surface area contributed by atoms with Gasteiger partial charge in [0.25, 0.3) is 5.91 Å². The smallest absolute Gasteiger partial charge is 0.256 e. The van der Waals surface area contributed by atoms with Crippen LogP contribution < -0.4 is 5.56 Å². The molecule has 0 spiro atoms. The van der Waals surface area contributed by atoms with Crippen molar-refractivity contribution in [2.24, 2.45) is 0 Å². The zero-order valence-corrected chi connectivity index (χ0v) is 14.4. The maximum Gasteiger partial charge on any atom is 0.256 e. The van der Waals surface area contributed by atoms with Crippen molar-refractivity contribution in [3.05, 3.63) is 55.6 Å². The average Bonchev–Trinajstić information content (AvgIpc) is 2.91. The van der Waals surface area contributed by atoms with Crippen LogP contribution in [0.3, 0.4) is 0 Å². The second kappa shape index (κ2) is 7.57. The molecule has 0 aliphatic heterocycles. The molecule has 0 bridgehead atoms. The highest BCUT2D eigenvalue weighted by molar-refractivity contribution is 7.11. The van der Waals surface area contributed by atoms with E-state index < -0.39 is 0 Å². The number of aliphatic hydroxyl groups excluding tert-OH is 1. The molecule has 6 heteroatoms. The molecule has 0 saturated carbocycles. The van der Waals surface area contributed by atoms with Gasteiger partial charge >= 0.3 is 0 Å². The van der Waals surface area contributed by atoms with E-state index >= 15 is 0 Å². The molecule has 2 aromatic rings. The number of carbonyl (C=O) groups is 1. The lowest BCUT2D eigenvalue weighted by molar-refractivity contribution is 0.0707. The van der Waals surface area contributed by atoms with E-state index in [0.29, 0.717) is 17.8 Å². The third kappa shape index (κ3) is 4.30. The van der Waals surface area contributed by atoms with E-state index in [1.165, 1.54) is 10.9 Å². The van der Waals surface area contributed by atoms with Crippen LogP contribution in [0.15, 0.2) is 29.1 Å². The van der Waals surface area contributed by atoms with Crippen molar-refractivity contribution in [3.63, 3.8) is 0 Å². The van der Waals surface area contributed by atoms with Crippen LogP contribution in [0.25, 0.3) is 0 Å². The van der Waals surface area contributed by atoms with E-state index in [1.807, 2.05) is 32.9 Å². The first-order valence-corrected chi connectivity index (χ1v) is 8.42. The second-order valence-corrected chi connectivity index (χ2v) is 7.14. The predicted molar refractivity (Wildman–Crippen MR) is 92.0 cm³/mol. The van der Waals surface area contributed by atoms with Crippen LogP contribution in [0.5, 0.6) is 0 Å². The maximum absolute atomic E-state index is 12.9. The number of hydrogen-bond donors (Lipinski definition) is 2. The second-order valence-electron chi connectivity index (χ2n) is 5.77. The number of nitrogens with one attached hydrogen (secondary N) is 1. The zero-order valence-electron chi connectivity index (χ0n) is 13.6. The van der Waals surface area contributed by atoms with Gasteiger partial charge in [-0.1, -0.05) is 13.8 Å². The molecular weight excluding hydrogens is 312 g/mol. The van der Waals surface area contributed by atoms with Crippen LogP contribution in [-0.2, 0) is 6.54 Å². The number of rotatable bonds is 6. The SMILES string of the molecule is Cc1ccc(CN(CCO)C(=O)c2ccc(=O)[nH]c2C(C)C)s1. The molecule has 2 aromatic heterocycles. The van der Waals surface area contributed by atoms with Gasteiger partial charge in [0, 0.05) is 28.1 Å². The van der Waals surface area contributed by atoms with Crippen LogP contribution in [0.4, 0.5) is 0 Å². The molecule has 0 atom stereocenters. The Bertz CT molecular complexity index is 733. The summed E-state index contributed by atoms with van der Waals surface area (Å²) >= 11 is 1.63. The Kier molecular flexibility index (Phi) is 5.74. The van der Waals surface area contributed by atoms with E-state index in [4.69, 9.17) is 0 Å². The summed E-state index contributed by atoms with van der Waals surface area (Å²) in [5, 5.41) is 9.29. The molecule has 0 fully saturated rings. The molecule has 0 aliphatic carbocycles. The highest BCUT2D eigenvalue weighted by Gasteiger charge is 2.21. The molecule has 124 valence electrons. The van der Waals surface area contributed by atoms with Crippen LogP contribution in [-0.4, -0.2) is 34.0 Å². The minimum Gasteiger partial charge on any atom is -0.395 e. The Hall–Kier alpha value is -1.92. The molecule has 0 radical (unpaired) electrons. The summed E-state index contributed by atoms with van der Waals surface area (Å²) in [6.45, 7) is 6.49. The first-order chi connectivity index (χ1) is 10.9. The summed E-state index contributed by atoms with van der Waals surface area (Å²) in [6.07, 6.45) is 0. The fraction of sp³-hybridized carbons (Fsp3) is 0.412. The summed E-state index contributed by atoms with van der Waals surface area (Å²) < 4.78 is 0. The van der Waals surface area contributed by atoms with E-state index in [2.05, 4.69) is 4.98 Å². The van der Waals surface area contributed by atoms with Gasteiger partial charge in [0.05, 0.1) is 18.7 Å². The van der Waals surface area contributed by atoms with Gasteiger partial charge in [0.2, 0.25) is 5.56 Å². The van der Waals surface area contributed by atoms with E-state index in [1.54, 1.807) is 22.3 Å². The lowest BCUT2D eigenvalue weighted by Gasteiger charge is -2.23.